The lowest BCUT2D eigenvalue weighted by Gasteiger charge is -2.26. The predicted octanol–water partition coefficient (Wildman–Crippen LogP) is 4.24. The van der Waals surface area contributed by atoms with Gasteiger partial charge in [0.2, 0.25) is 0 Å². The van der Waals surface area contributed by atoms with E-state index in [0.29, 0.717) is 34.8 Å². The zero-order valence-corrected chi connectivity index (χ0v) is 19.6. The molecule has 1 fully saturated rings. The van der Waals surface area contributed by atoms with Gasteiger partial charge in [-0.1, -0.05) is 0 Å². The molecular formula is C27H25NO7. The average molecular weight is 475 g/mol. The Balaban J connectivity index is 1.69. The van der Waals surface area contributed by atoms with Gasteiger partial charge in [-0.3, -0.25) is 9.59 Å². The van der Waals surface area contributed by atoms with E-state index in [1.807, 2.05) is 6.92 Å². The molecule has 3 heterocycles. The van der Waals surface area contributed by atoms with Crippen molar-refractivity contribution in [3.63, 3.8) is 0 Å². The lowest BCUT2D eigenvalue weighted by molar-refractivity contribution is -0.140. The molecule has 8 heteroatoms. The van der Waals surface area contributed by atoms with Gasteiger partial charge in [0, 0.05) is 17.5 Å². The largest absolute Gasteiger partial charge is 0.507 e. The minimum Gasteiger partial charge on any atom is -0.507 e. The Bertz CT molecular complexity index is 1330. The molecule has 0 bridgehead atoms. The first-order valence-corrected chi connectivity index (χ1v) is 11.2. The molecule has 2 unspecified atom stereocenters. The number of fused-ring (bicyclic) bond motifs is 1. The highest BCUT2D eigenvalue weighted by Crippen LogP contribution is 2.45. The highest BCUT2D eigenvalue weighted by atomic mass is 16.5. The smallest absolute Gasteiger partial charge is 0.296 e. The van der Waals surface area contributed by atoms with Crippen molar-refractivity contribution in [2.75, 3.05) is 14.2 Å². The minimum absolute atomic E-state index is 0.0278. The van der Waals surface area contributed by atoms with Gasteiger partial charge >= 0.3 is 0 Å². The first-order chi connectivity index (χ1) is 16.9. The van der Waals surface area contributed by atoms with E-state index in [1.54, 1.807) is 48.5 Å². The number of hydrogen-bond acceptors (Lipinski definition) is 7. The van der Waals surface area contributed by atoms with E-state index >= 15 is 0 Å². The number of nitrogens with zero attached hydrogens (tertiary/aromatic N) is 1. The molecule has 35 heavy (non-hydrogen) atoms. The molecule has 8 nitrogen and oxygen atoms in total. The molecule has 0 saturated carbocycles. The van der Waals surface area contributed by atoms with E-state index < -0.39 is 17.7 Å². The normalized spacial score (nSPS) is 20.6. The second-order valence-electron chi connectivity index (χ2n) is 8.57. The molecule has 2 aromatic carbocycles. The molecule has 0 radical (unpaired) electrons. The maximum Gasteiger partial charge on any atom is 0.296 e. The van der Waals surface area contributed by atoms with Crippen molar-refractivity contribution in [3.8, 4) is 17.2 Å². The fourth-order valence-corrected chi connectivity index (χ4v) is 4.71. The van der Waals surface area contributed by atoms with Crippen LogP contribution in [0.15, 0.2) is 64.8 Å². The number of carbonyl (C=O) groups is 2. The van der Waals surface area contributed by atoms with Gasteiger partial charge in [-0.05, 0) is 61.0 Å². The summed E-state index contributed by atoms with van der Waals surface area (Å²) in [5, 5.41) is 11.4. The van der Waals surface area contributed by atoms with Crippen LogP contribution in [-0.2, 0) is 22.6 Å². The number of amides is 1. The van der Waals surface area contributed by atoms with Gasteiger partial charge in [-0.25, -0.2) is 0 Å². The van der Waals surface area contributed by atoms with Gasteiger partial charge in [0.1, 0.15) is 34.9 Å². The number of aliphatic hydroxyl groups excluding tert-OH is 1. The quantitative estimate of drug-likeness (QED) is 0.323. The Kier molecular flexibility index (Phi) is 5.72. The minimum atomic E-state index is -0.923. The molecule has 0 aliphatic carbocycles. The highest BCUT2D eigenvalue weighted by Gasteiger charge is 2.47. The molecule has 3 aromatic rings. The number of ether oxygens (including phenoxy) is 3. The van der Waals surface area contributed by atoms with Crippen molar-refractivity contribution in [1.82, 2.24) is 4.90 Å². The molecule has 2 aliphatic rings. The second-order valence-corrected chi connectivity index (χ2v) is 8.57. The van der Waals surface area contributed by atoms with Gasteiger partial charge in [0.25, 0.3) is 11.7 Å². The van der Waals surface area contributed by atoms with E-state index in [0.717, 1.165) is 11.3 Å². The topological polar surface area (TPSA) is 98.4 Å². The summed E-state index contributed by atoms with van der Waals surface area (Å²) in [6.07, 6.45) is 2.22. The van der Waals surface area contributed by atoms with Gasteiger partial charge < -0.3 is 28.6 Å². The maximum atomic E-state index is 13.3. The standard InChI is InChI=1S/C27H25NO7/c1-15-11-17-12-16(6-8-21(17)35-15)25(29)23-24(20-13-18(32-2)7-9-22(20)33-3)28(27(31)26(23)30)14-19-5-4-10-34-19/h4-10,12-13,15,24,29H,11,14H2,1-3H3. The van der Waals surface area contributed by atoms with Crippen molar-refractivity contribution >= 4 is 17.4 Å². The average Bonchev–Trinajstić information content (AvgIpc) is 3.57. The summed E-state index contributed by atoms with van der Waals surface area (Å²) in [4.78, 5) is 28.0. The number of Topliss-reactive ketones (excluding diaryl/α,β-unsaturated/α-hetero) is 1. The lowest BCUT2D eigenvalue weighted by Crippen LogP contribution is -2.29. The summed E-state index contributed by atoms with van der Waals surface area (Å²) in [5.74, 6) is 0.436. The number of furan rings is 1. The fourth-order valence-electron chi connectivity index (χ4n) is 4.71. The van der Waals surface area contributed by atoms with Crippen LogP contribution in [0.3, 0.4) is 0 Å². The third-order valence-electron chi connectivity index (χ3n) is 6.35. The van der Waals surface area contributed by atoms with Crippen molar-refractivity contribution in [1.29, 1.82) is 0 Å². The van der Waals surface area contributed by atoms with E-state index in [4.69, 9.17) is 18.6 Å². The summed E-state index contributed by atoms with van der Waals surface area (Å²) in [6, 6.07) is 12.9. The highest BCUT2D eigenvalue weighted by molar-refractivity contribution is 6.46. The number of likely N-dealkylation sites (tertiary alicyclic amines) is 1. The van der Waals surface area contributed by atoms with Crippen LogP contribution >= 0.6 is 0 Å². The SMILES string of the molecule is COc1ccc(OC)c(C2C(=C(O)c3ccc4c(c3)CC(C)O4)C(=O)C(=O)N2Cc2ccco2)c1. The Morgan fingerprint density at radius 3 is 2.66 bits per heavy atom. The molecule has 1 amide bonds. The summed E-state index contributed by atoms with van der Waals surface area (Å²) >= 11 is 0. The summed E-state index contributed by atoms with van der Waals surface area (Å²) in [6.45, 7) is 2.00. The number of benzene rings is 2. The Labute approximate surface area is 202 Å². The second kappa shape index (κ2) is 8.87. The molecule has 1 N–H and O–H groups in total. The van der Waals surface area contributed by atoms with Crippen LogP contribution in [0.1, 0.15) is 35.4 Å². The molecule has 2 atom stereocenters. The lowest BCUT2D eigenvalue weighted by atomic mass is 9.93. The fraction of sp³-hybridized carbons (Fsp3) is 0.259. The van der Waals surface area contributed by atoms with Gasteiger partial charge in [0.15, 0.2) is 0 Å². The van der Waals surface area contributed by atoms with Crippen LogP contribution in [0, 0.1) is 0 Å². The van der Waals surface area contributed by atoms with Crippen LogP contribution < -0.4 is 14.2 Å². The number of methoxy groups -OCH3 is 2. The Hall–Kier alpha value is -4.20. The van der Waals surface area contributed by atoms with Crippen molar-refractivity contribution in [3.05, 3.63) is 82.8 Å². The zero-order chi connectivity index (χ0) is 24.7. The van der Waals surface area contributed by atoms with Gasteiger partial charge in [-0.2, -0.15) is 0 Å². The van der Waals surface area contributed by atoms with Crippen molar-refractivity contribution < 1.29 is 33.3 Å². The number of rotatable bonds is 6. The van der Waals surface area contributed by atoms with Gasteiger partial charge in [0.05, 0.1) is 38.6 Å². The molecule has 180 valence electrons. The third-order valence-corrected chi connectivity index (χ3v) is 6.35. The van der Waals surface area contributed by atoms with E-state index in [-0.39, 0.29) is 24.0 Å². The first kappa shape index (κ1) is 22.6. The monoisotopic (exact) mass is 475 g/mol. The number of aliphatic hydroxyl groups is 1. The maximum absolute atomic E-state index is 13.3. The summed E-state index contributed by atoms with van der Waals surface area (Å²) in [7, 11) is 3.03. The third kappa shape index (κ3) is 3.90. The van der Waals surface area contributed by atoms with Crippen molar-refractivity contribution in [2.45, 2.75) is 32.0 Å². The molecular weight excluding hydrogens is 450 g/mol. The van der Waals surface area contributed by atoms with Crippen LogP contribution in [-0.4, -0.2) is 42.0 Å². The van der Waals surface area contributed by atoms with Crippen molar-refractivity contribution in [2.24, 2.45) is 0 Å². The Morgan fingerprint density at radius 1 is 1.11 bits per heavy atom. The number of ketones is 1. The van der Waals surface area contributed by atoms with Crippen LogP contribution in [0.2, 0.25) is 0 Å². The zero-order valence-electron chi connectivity index (χ0n) is 19.6. The number of hydrogen-bond donors (Lipinski definition) is 1. The molecule has 1 aromatic heterocycles. The van der Waals surface area contributed by atoms with E-state index in [2.05, 4.69) is 0 Å². The van der Waals surface area contributed by atoms with E-state index in [9.17, 15) is 14.7 Å². The summed E-state index contributed by atoms with van der Waals surface area (Å²) < 4.78 is 22.2. The van der Waals surface area contributed by atoms with Crippen LogP contribution in [0.4, 0.5) is 0 Å². The van der Waals surface area contributed by atoms with Crippen LogP contribution in [0.25, 0.3) is 5.76 Å². The van der Waals surface area contributed by atoms with Crippen LogP contribution in [0.5, 0.6) is 17.2 Å². The molecule has 5 rings (SSSR count). The molecule has 0 spiro atoms. The molecule has 1 saturated heterocycles. The number of carbonyl (C=O) groups excluding carboxylic acids is 2. The van der Waals surface area contributed by atoms with Gasteiger partial charge in [-0.15, -0.1) is 0 Å². The van der Waals surface area contributed by atoms with E-state index in [1.165, 1.54) is 25.4 Å². The predicted molar refractivity (Wildman–Crippen MR) is 126 cm³/mol. The molecule has 2 aliphatic heterocycles. The Morgan fingerprint density at radius 2 is 1.94 bits per heavy atom. The summed E-state index contributed by atoms with van der Waals surface area (Å²) in [5.41, 5.74) is 1.85. The first-order valence-electron chi connectivity index (χ1n) is 11.2.